The number of phenols is 2. The van der Waals surface area contributed by atoms with E-state index in [1.807, 2.05) is 0 Å². The number of ether oxygens (including phenoxy) is 1. The van der Waals surface area contributed by atoms with Crippen molar-refractivity contribution >= 4 is 23.2 Å². The average Bonchev–Trinajstić information content (AvgIpc) is 2.82. The number of amides is 2. The Bertz CT molecular complexity index is 1180. The van der Waals surface area contributed by atoms with E-state index >= 15 is 0 Å². The summed E-state index contributed by atoms with van der Waals surface area (Å²) in [6, 6.07) is 26.2. The van der Waals surface area contributed by atoms with Crippen LogP contribution in [0.5, 0.6) is 23.0 Å². The van der Waals surface area contributed by atoms with Gasteiger partial charge in [0, 0.05) is 11.4 Å². The van der Waals surface area contributed by atoms with Gasteiger partial charge in [-0.25, -0.2) is 0 Å². The molecule has 0 aliphatic rings. The molecule has 0 heterocycles. The van der Waals surface area contributed by atoms with Crippen LogP contribution >= 0.6 is 0 Å². The van der Waals surface area contributed by atoms with Crippen molar-refractivity contribution in [3.05, 3.63) is 108 Å². The molecule has 7 heteroatoms. The fraction of sp³-hybridized carbons (Fsp3) is 0. The molecule has 2 amide bonds. The topological polar surface area (TPSA) is 108 Å². The summed E-state index contributed by atoms with van der Waals surface area (Å²) in [7, 11) is 0. The maximum absolute atomic E-state index is 12.3. The summed E-state index contributed by atoms with van der Waals surface area (Å²) in [5.41, 5.74) is 1.48. The number of anilines is 2. The Morgan fingerprint density at radius 1 is 0.545 bits per heavy atom. The highest BCUT2D eigenvalue weighted by Crippen LogP contribution is 2.26. The third-order valence-corrected chi connectivity index (χ3v) is 4.76. The molecule has 4 aromatic carbocycles. The van der Waals surface area contributed by atoms with Gasteiger partial charge in [-0.2, -0.15) is 0 Å². The van der Waals surface area contributed by atoms with Crippen LogP contribution in [-0.2, 0) is 0 Å². The zero-order valence-electron chi connectivity index (χ0n) is 17.4. The second-order valence-corrected chi connectivity index (χ2v) is 7.09. The van der Waals surface area contributed by atoms with Gasteiger partial charge in [-0.05, 0) is 72.8 Å². The van der Waals surface area contributed by atoms with E-state index < -0.39 is 11.8 Å². The number of nitrogens with one attached hydrogen (secondary N) is 2. The standard InChI is InChI=1S/C26H20N2O5/c29-23-7-3-1-5-21(23)25(31)27-17-9-13-19(14-10-17)33-20-15-11-18(12-16-20)28-26(32)22-6-2-4-8-24(22)30/h1-16,29-30H,(H,27,31)(H,28,32). The fourth-order valence-electron chi connectivity index (χ4n) is 3.08. The van der Waals surface area contributed by atoms with E-state index in [-0.39, 0.29) is 22.6 Å². The predicted molar refractivity (Wildman–Crippen MR) is 125 cm³/mol. The lowest BCUT2D eigenvalue weighted by Gasteiger charge is -2.10. The van der Waals surface area contributed by atoms with Gasteiger partial charge in [-0.3, -0.25) is 9.59 Å². The molecule has 0 saturated heterocycles. The zero-order chi connectivity index (χ0) is 23.2. The summed E-state index contributed by atoms with van der Waals surface area (Å²) in [4.78, 5) is 24.6. The van der Waals surface area contributed by atoms with E-state index in [2.05, 4.69) is 10.6 Å². The molecule has 0 aromatic heterocycles. The molecule has 0 atom stereocenters. The molecule has 33 heavy (non-hydrogen) atoms. The third-order valence-electron chi connectivity index (χ3n) is 4.76. The molecule has 164 valence electrons. The number of hydrogen-bond acceptors (Lipinski definition) is 5. The van der Waals surface area contributed by atoms with Crippen LogP contribution < -0.4 is 15.4 Å². The first-order valence-corrected chi connectivity index (χ1v) is 10.1. The lowest BCUT2D eigenvalue weighted by molar-refractivity contribution is 0.101. The number of carbonyl (C=O) groups excluding carboxylic acids is 2. The van der Waals surface area contributed by atoms with Crippen LogP contribution in [0.15, 0.2) is 97.1 Å². The molecule has 4 aromatic rings. The molecule has 0 unspecified atom stereocenters. The Hall–Kier alpha value is -4.78. The van der Waals surface area contributed by atoms with Crippen LogP contribution in [0.2, 0.25) is 0 Å². The lowest BCUT2D eigenvalue weighted by atomic mass is 10.2. The molecular formula is C26H20N2O5. The van der Waals surface area contributed by atoms with E-state index in [4.69, 9.17) is 4.74 Å². The van der Waals surface area contributed by atoms with Gasteiger partial charge in [0.1, 0.15) is 23.0 Å². The van der Waals surface area contributed by atoms with Crippen molar-refractivity contribution in [3.63, 3.8) is 0 Å². The SMILES string of the molecule is O=C(Nc1ccc(Oc2ccc(NC(=O)c3ccccc3O)cc2)cc1)c1ccccc1O. The van der Waals surface area contributed by atoms with Crippen LogP contribution in [0.25, 0.3) is 0 Å². The Balaban J connectivity index is 1.35. The number of hydrogen-bond donors (Lipinski definition) is 4. The maximum atomic E-state index is 12.3. The molecular weight excluding hydrogens is 420 g/mol. The Morgan fingerprint density at radius 3 is 1.27 bits per heavy atom. The number of para-hydroxylation sites is 2. The number of phenolic OH excluding ortho intramolecular Hbond substituents is 2. The second kappa shape index (κ2) is 9.57. The van der Waals surface area contributed by atoms with Gasteiger partial charge in [0.15, 0.2) is 0 Å². The number of carbonyl (C=O) groups is 2. The van der Waals surface area contributed by atoms with Gasteiger partial charge in [0.25, 0.3) is 11.8 Å². The van der Waals surface area contributed by atoms with Crippen LogP contribution in [-0.4, -0.2) is 22.0 Å². The summed E-state index contributed by atoms with van der Waals surface area (Å²) >= 11 is 0. The maximum Gasteiger partial charge on any atom is 0.259 e. The van der Waals surface area contributed by atoms with Crippen LogP contribution in [0, 0.1) is 0 Å². The van der Waals surface area contributed by atoms with Gasteiger partial charge >= 0.3 is 0 Å². The van der Waals surface area contributed by atoms with E-state index in [0.717, 1.165) is 0 Å². The average molecular weight is 440 g/mol. The van der Waals surface area contributed by atoms with E-state index in [1.165, 1.54) is 24.3 Å². The first kappa shape index (κ1) is 21.5. The van der Waals surface area contributed by atoms with Gasteiger partial charge in [0.05, 0.1) is 11.1 Å². The lowest BCUT2D eigenvalue weighted by Crippen LogP contribution is -2.11. The summed E-state index contributed by atoms with van der Waals surface area (Å²) in [6.07, 6.45) is 0. The highest BCUT2D eigenvalue weighted by Gasteiger charge is 2.11. The quantitative estimate of drug-likeness (QED) is 0.321. The minimum atomic E-state index is -0.414. The largest absolute Gasteiger partial charge is 0.507 e. The van der Waals surface area contributed by atoms with Crippen LogP contribution in [0.3, 0.4) is 0 Å². The number of rotatable bonds is 6. The normalized spacial score (nSPS) is 10.3. The van der Waals surface area contributed by atoms with Crippen molar-refractivity contribution in [2.75, 3.05) is 10.6 Å². The van der Waals surface area contributed by atoms with Crippen LogP contribution in [0.4, 0.5) is 11.4 Å². The monoisotopic (exact) mass is 440 g/mol. The van der Waals surface area contributed by atoms with Gasteiger partial charge < -0.3 is 25.6 Å². The minimum Gasteiger partial charge on any atom is -0.507 e. The molecule has 0 saturated carbocycles. The summed E-state index contributed by atoms with van der Waals surface area (Å²) in [6.45, 7) is 0. The smallest absolute Gasteiger partial charge is 0.259 e. The minimum absolute atomic E-state index is 0.0878. The number of aromatic hydroxyl groups is 2. The molecule has 0 aliphatic carbocycles. The third kappa shape index (κ3) is 5.29. The molecule has 4 N–H and O–H groups in total. The van der Waals surface area contributed by atoms with Crippen molar-refractivity contribution in [2.24, 2.45) is 0 Å². The van der Waals surface area contributed by atoms with Crippen LogP contribution in [0.1, 0.15) is 20.7 Å². The molecule has 0 fully saturated rings. The van der Waals surface area contributed by atoms with Crippen molar-refractivity contribution in [1.82, 2.24) is 0 Å². The Labute approximate surface area is 189 Å². The van der Waals surface area contributed by atoms with E-state index in [0.29, 0.717) is 22.9 Å². The molecule has 0 radical (unpaired) electrons. The van der Waals surface area contributed by atoms with E-state index in [9.17, 15) is 19.8 Å². The molecule has 0 spiro atoms. The fourth-order valence-corrected chi connectivity index (χ4v) is 3.08. The highest BCUT2D eigenvalue weighted by atomic mass is 16.5. The Morgan fingerprint density at radius 2 is 0.909 bits per heavy atom. The highest BCUT2D eigenvalue weighted by molar-refractivity contribution is 6.06. The Kier molecular flexibility index (Phi) is 6.22. The predicted octanol–water partition coefficient (Wildman–Crippen LogP) is 5.39. The molecule has 0 bridgehead atoms. The summed E-state index contributed by atoms with van der Waals surface area (Å²) in [5, 5.41) is 25.0. The summed E-state index contributed by atoms with van der Waals surface area (Å²) in [5.74, 6) is 0.111. The van der Waals surface area contributed by atoms with Crippen molar-refractivity contribution in [1.29, 1.82) is 0 Å². The van der Waals surface area contributed by atoms with Gasteiger partial charge in [0.2, 0.25) is 0 Å². The molecule has 7 nitrogen and oxygen atoms in total. The van der Waals surface area contributed by atoms with Gasteiger partial charge in [-0.15, -0.1) is 0 Å². The zero-order valence-corrected chi connectivity index (χ0v) is 17.4. The second-order valence-electron chi connectivity index (χ2n) is 7.09. The number of benzene rings is 4. The first-order chi connectivity index (χ1) is 16.0. The van der Waals surface area contributed by atoms with E-state index in [1.54, 1.807) is 72.8 Å². The molecule has 0 aliphatic heterocycles. The summed E-state index contributed by atoms with van der Waals surface area (Å²) < 4.78 is 5.80. The van der Waals surface area contributed by atoms with Crippen molar-refractivity contribution in [2.45, 2.75) is 0 Å². The first-order valence-electron chi connectivity index (χ1n) is 10.1. The molecule has 4 rings (SSSR count). The van der Waals surface area contributed by atoms with Crippen molar-refractivity contribution in [3.8, 4) is 23.0 Å². The van der Waals surface area contributed by atoms with Gasteiger partial charge in [-0.1, -0.05) is 24.3 Å². The van der Waals surface area contributed by atoms with Crippen molar-refractivity contribution < 1.29 is 24.5 Å².